The van der Waals surface area contributed by atoms with Gasteiger partial charge in [0.05, 0.1) is 9.79 Å². The van der Waals surface area contributed by atoms with Crippen molar-refractivity contribution in [2.24, 2.45) is 5.92 Å². The molecule has 1 atom stereocenters. The SMILES string of the molecule is Cc1ccc(S(=O)(=O)O)cc1.Cc1ccc(S(=O)(=O)O)cc1.O=C(CCc1nc(-c2cc3ccccc3o2)no1)N1CC(CN2CCN(c3ccccc3)CC2)Cc2ccccc21. The molecule has 0 saturated carbocycles. The number of furan rings is 1. The molecule has 2 aromatic heterocycles. The molecule has 4 heterocycles. The third kappa shape index (κ3) is 12.1. The van der Waals surface area contributed by atoms with Crippen LogP contribution in [0.15, 0.2) is 152 Å². The highest BCUT2D eigenvalue weighted by atomic mass is 32.2. The zero-order valence-corrected chi connectivity index (χ0v) is 36.6. The third-order valence-corrected chi connectivity index (χ3v) is 12.6. The fourth-order valence-corrected chi connectivity index (χ4v) is 8.51. The Morgan fingerprint density at radius 3 is 1.94 bits per heavy atom. The molecule has 1 saturated heterocycles. The maximum atomic E-state index is 13.6. The summed E-state index contributed by atoms with van der Waals surface area (Å²) in [5.41, 5.74) is 6.25. The van der Waals surface area contributed by atoms with Crippen LogP contribution in [0.2, 0.25) is 0 Å². The zero-order valence-electron chi connectivity index (χ0n) is 34.9. The molecule has 0 radical (unpaired) electrons. The second-order valence-corrected chi connectivity index (χ2v) is 18.4. The first-order chi connectivity index (χ1) is 30.2. The number of hydrogen-bond donors (Lipinski definition) is 2. The minimum Gasteiger partial charge on any atom is -0.453 e. The summed E-state index contributed by atoms with van der Waals surface area (Å²) < 4.78 is 70.4. The molecule has 0 bridgehead atoms. The number of aryl methyl sites for hydroxylation is 3. The Morgan fingerprint density at radius 2 is 1.32 bits per heavy atom. The molecule has 1 amide bonds. The first kappa shape index (κ1) is 44.9. The number of para-hydroxylation sites is 3. The van der Waals surface area contributed by atoms with Crippen LogP contribution in [-0.4, -0.2) is 86.2 Å². The monoisotopic (exact) mass is 891 g/mol. The van der Waals surface area contributed by atoms with Crippen LogP contribution in [-0.2, 0) is 37.9 Å². The van der Waals surface area contributed by atoms with Crippen molar-refractivity contribution in [2.45, 2.75) is 42.9 Å². The minimum atomic E-state index is -4.02. The summed E-state index contributed by atoms with van der Waals surface area (Å²) in [6.07, 6.45) is 1.68. The molecule has 14 nitrogen and oxygen atoms in total. The molecule has 2 N–H and O–H groups in total. The van der Waals surface area contributed by atoms with E-state index >= 15 is 0 Å². The van der Waals surface area contributed by atoms with E-state index in [-0.39, 0.29) is 15.7 Å². The van der Waals surface area contributed by atoms with Gasteiger partial charge in [0.25, 0.3) is 20.2 Å². The number of hydrogen-bond acceptors (Lipinski definition) is 11. The van der Waals surface area contributed by atoms with Crippen LogP contribution in [0.5, 0.6) is 0 Å². The maximum Gasteiger partial charge on any atom is 0.294 e. The second kappa shape index (κ2) is 19.9. The molecule has 2 aliphatic heterocycles. The number of aromatic nitrogens is 2. The Kier molecular flexibility index (Phi) is 14.2. The highest BCUT2D eigenvalue weighted by Crippen LogP contribution is 2.32. The lowest BCUT2D eigenvalue weighted by atomic mass is 9.91. The lowest BCUT2D eigenvalue weighted by Gasteiger charge is -2.40. The van der Waals surface area contributed by atoms with Gasteiger partial charge in [0, 0.05) is 68.9 Å². The van der Waals surface area contributed by atoms with Crippen LogP contribution in [0.4, 0.5) is 11.4 Å². The van der Waals surface area contributed by atoms with Crippen molar-refractivity contribution < 1.29 is 39.7 Å². The molecule has 2 aliphatic rings. The molecule has 0 spiro atoms. The van der Waals surface area contributed by atoms with Crippen LogP contribution < -0.4 is 9.80 Å². The van der Waals surface area contributed by atoms with Crippen LogP contribution in [0.1, 0.15) is 29.0 Å². The standard InChI is InChI=1S/C33H33N5O3.2C7H8O3S/c39-32(15-14-31-34-33(35-41-31)30-21-26-9-5-7-13-29(26)40-30)38-23-24(20-25-8-4-6-12-28(25)38)22-36-16-18-37(19-17-36)27-10-2-1-3-11-27;2*1-6-2-4-7(5-3-6)11(8,9)10/h1-13,21,24H,14-20,22-23H2;2*2-5H,1H3,(H,8,9,10). The van der Waals surface area contributed by atoms with Gasteiger partial charge < -0.3 is 18.7 Å². The average Bonchev–Trinajstić information content (AvgIpc) is 3.94. The molecule has 16 heteroatoms. The van der Waals surface area contributed by atoms with E-state index in [0.717, 1.165) is 73.5 Å². The Morgan fingerprint density at radius 1 is 0.730 bits per heavy atom. The summed E-state index contributed by atoms with van der Waals surface area (Å²) in [6.45, 7) is 9.51. The zero-order chi connectivity index (χ0) is 44.6. The Labute approximate surface area is 367 Å². The van der Waals surface area contributed by atoms with Crippen LogP contribution in [0.25, 0.3) is 22.6 Å². The first-order valence-electron chi connectivity index (χ1n) is 20.5. The molecule has 7 aromatic rings. The Balaban J connectivity index is 0.000000221. The topological polar surface area (TPSA) is 188 Å². The van der Waals surface area contributed by atoms with Crippen molar-refractivity contribution in [3.05, 3.63) is 156 Å². The number of fused-ring (bicyclic) bond motifs is 2. The van der Waals surface area contributed by atoms with E-state index in [1.165, 1.54) is 35.5 Å². The lowest BCUT2D eigenvalue weighted by Crippen LogP contribution is -2.50. The smallest absolute Gasteiger partial charge is 0.294 e. The van der Waals surface area contributed by atoms with Gasteiger partial charge in [-0.1, -0.05) is 95.1 Å². The number of piperazine rings is 1. The van der Waals surface area contributed by atoms with E-state index in [2.05, 4.69) is 68.5 Å². The van der Waals surface area contributed by atoms with Crippen LogP contribution in [0, 0.1) is 19.8 Å². The predicted molar refractivity (Wildman–Crippen MR) is 241 cm³/mol. The molecule has 0 aliphatic carbocycles. The normalized spacial score (nSPS) is 15.5. The van der Waals surface area contributed by atoms with Crippen LogP contribution >= 0.6 is 0 Å². The van der Waals surface area contributed by atoms with Crippen molar-refractivity contribution in [3.8, 4) is 11.6 Å². The van der Waals surface area contributed by atoms with Gasteiger partial charge in [0.1, 0.15) is 5.58 Å². The summed E-state index contributed by atoms with van der Waals surface area (Å²) in [4.78, 5) is 24.9. The largest absolute Gasteiger partial charge is 0.453 e. The molecule has 328 valence electrons. The van der Waals surface area contributed by atoms with Crippen molar-refractivity contribution in [1.29, 1.82) is 0 Å². The van der Waals surface area contributed by atoms with Crippen molar-refractivity contribution in [3.63, 3.8) is 0 Å². The molecule has 1 unspecified atom stereocenters. The average molecular weight is 892 g/mol. The van der Waals surface area contributed by atoms with Gasteiger partial charge >= 0.3 is 0 Å². The first-order valence-corrected chi connectivity index (χ1v) is 23.4. The number of benzene rings is 5. The van der Waals surface area contributed by atoms with E-state index < -0.39 is 20.2 Å². The second-order valence-electron chi connectivity index (χ2n) is 15.6. The number of carbonyl (C=O) groups is 1. The summed E-state index contributed by atoms with van der Waals surface area (Å²) >= 11 is 0. The molecule has 63 heavy (non-hydrogen) atoms. The Bertz CT molecular complexity index is 2730. The minimum absolute atomic E-state index is 0.0666. The summed E-state index contributed by atoms with van der Waals surface area (Å²) in [6, 6.07) is 40.6. The van der Waals surface area contributed by atoms with Crippen LogP contribution in [0.3, 0.4) is 0 Å². The maximum absolute atomic E-state index is 13.6. The van der Waals surface area contributed by atoms with E-state index in [0.29, 0.717) is 36.2 Å². The lowest BCUT2D eigenvalue weighted by molar-refractivity contribution is -0.119. The number of amides is 1. The summed E-state index contributed by atoms with van der Waals surface area (Å²) in [7, 11) is -8.04. The summed E-state index contributed by atoms with van der Waals surface area (Å²) in [5, 5.41) is 5.08. The van der Waals surface area contributed by atoms with Gasteiger partial charge in [-0.15, -0.1) is 0 Å². The Hall–Kier alpha value is -6.17. The van der Waals surface area contributed by atoms with Gasteiger partial charge in [-0.3, -0.25) is 18.8 Å². The molecule has 9 rings (SSSR count). The van der Waals surface area contributed by atoms with E-state index in [1.807, 2.05) is 55.1 Å². The fraction of sp³-hybridized carbons (Fsp3) is 0.255. The van der Waals surface area contributed by atoms with Crippen molar-refractivity contribution >= 4 is 48.5 Å². The fourth-order valence-electron chi connectivity index (χ4n) is 7.55. The van der Waals surface area contributed by atoms with Gasteiger partial charge in [-0.25, -0.2) is 0 Å². The predicted octanol–water partition coefficient (Wildman–Crippen LogP) is 7.93. The quantitative estimate of drug-likeness (QED) is 0.133. The van der Waals surface area contributed by atoms with Crippen molar-refractivity contribution in [2.75, 3.05) is 49.1 Å². The number of rotatable bonds is 9. The van der Waals surface area contributed by atoms with Gasteiger partial charge in [0.15, 0.2) is 5.76 Å². The van der Waals surface area contributed by atoms with E-state index in [1.54, 1.807) is 24.3 Å². The molecular weight excluding hydrogens is 843 g/mol. The number of anilines is 2. The van der Waals surface area contributed by atoms with Gasteiger partial charge in [-0.2, -0.15) is 21.8 Å². The third-order valence-electron chi connectivity index (χ3n) is 10.8. The van der Waals surface area contributed by atoms with E-state index in [4.69, 9.17) is 18.0 Å². The molecule has 1 fully saturated rings. The molecular formula is C47H49N5O9S2. The highest BCUT2D eigenvalue weighted by Gasteiger charge is 2.30. The summed E-state index contributed by atoms with van der Waals surface area (Å²) in [5.74, 6) is 1.87. The van der Waals surface area contributed by atoms with Crippen molar-refractivity contribution in [1.82, 2.24) is 15.0 Å². The number of nitrogens with zero attached hydrogens (tertiary/aromatic N) is 5. The highest BCUT2D eigenvalue weighted by molar-refractivity contribution is 7.86. The number of carbonyl (C=O) groups excluding carboxylic acids is 1. The van der Waals surface area contributed by atoms with Gasteiger partial charge in [0.2, 0.25) is 17.6 Å². The molecule has 5 aromatic carbocycles. The van der Waals surface area contributed by atoms with E-state index in [9.17, 15) is 21.6 Å². The van der Waals surface area contributed by atoms with Gasteiger partial charge in [-0.05, 0) is 86.3 Å².